The molecular weight excluding hydrogens is 384 g/mol. The van der Waals surface area contributed by atoms with E-state index < -0.39 is 5.97 Å². The molecule has 0 aliphatic carbocycles. The van der Waals surface area contributed by atoms with Gasteiger partial charge in [0.1, 0.15) is 0 Å². The monoisotopic (exact) mass is 412 g/mol. The first-order chi connectivity index (χ1) is 14.6. The second kappa shape index (κ2) is 10.6. The molecule has 0 unspecified atom stereocenters. The zero-order valence-electron chi connectivity index (χ0n) is 17.5. The van der Waals surface area contributed by atoms with Crippen molar-refractivity contribution in [2.75, 3.05) is 46.5 Å². The van der Waals surface area contributed by atoms with Crippen LogP contribution in [0.3, 0.4) is 0 Å². The summed E-state index contributed by atoms with van der Waals surface area (Å²) in [7, 11) is 1.51. The Morgan fingerprint density at radius 2 is 1.70 bits per heavy atom. The van der Waals surface area contributed by atoms with Gasteiger partial charge in [0.25, 0.3) is 5.91 Å². The number of piperazine rings is 1. The van der Waals surface area contributed by atoms with Crippen LogP contribution in [0.4, 0.5) is 0 Å². The number of nitrogens with zero attached hydrogens (tertiary/aromatic N) is 2. The summed E-state index contributed by atoms with van der Waals surface area (Å²) in [6.07, 6.45) is 0. The van der Waals surface area contributed by atoms with Crippen LogP contribution in [0.15, 0.2) is 48.5 Å². The maximum absolute atomic E-state index is 12.4. The molecule has 160 valence electrons. The Kier molecular flexibility index (Phi) is 7.68. The van der Waals surface area contributed by atoms with Crippen molar-refractivity contribution in [3.05, 3.63) is 59.7 Å². The molecule has 0 N–H and O–H groups in total. The van der Waals surface area contributed by atoms with Crippen molar-refractivity contribution in [1.29, 1.82) is 0 Å². The Bertz CT molecular complexity index is 848. The first-order valence-electron chi connectivity index (χ1n) is 10.1. The fraction of sp³-hybridized carbons (Fsp3) is 0.391. The highest BCUT2D eigenvalue weighted by atomic mass is 16.5. The van der Waals surface area contributed by atoms with Crippen molar-refractivity contribution in [3.63, 3.8) is 0 Å². The molecule has 2 aromatic carbocycles. The lowest BCUT2D eigenvalue weighted by Crippen LogP contribution is -2.49. The van der Waals surface area contributed by atoms with Crippen LogP contribution in [0.5, 0.6) is 11.5 Å². The molecule has 0 saturated carbocycles. The third kappa shape index (κ3) is 5.73. The molecule has 1 heterocycles. The van der Waals surface area contributed by atoms with Gasteiger partial charge in [-0.25, -0.2) is 4.79 Å². The van der Waals surface area contributed by atoms with Gasteiger partial charge in [-0.15, -0.1) is 0 Å². The molecule has 1 aliphatic heterocycles. The molecule has 7 nitrogen and oxygen atoms in total. The highest BCUT2D eigenvalue weighted by molar-refractivity contribution is 5.92. The zero-order valence-corrected chi connectivity index (χ0v) is 17.5. The summed E-state index contributed by atoms with van der Waals surface area (Å²) < 4.78 is 15.9. The maximum atomic E-state index is 12.4. The van der Waals surface area contributed by atoms with Crippen molar-refractivity contribution < 1.29 is 23.8 Å². The molecule has 1 saturated heterocycles. The summed E-state index contributed by atoms with van der Waals surface area (Å²) in [5, 5.41) is 0. The van der Waals surface area contributed by atoms with E-state index in [1.165, 1.54) is 12.7 Å². The number of methoxy groups -OCH3 is 1. The Morgan fingerprint density at radius 1 is 0.967 bits per heavy atom. The first kappa shape index (κ1) is 21.6. The lowest BCUT2D eigenvalue weighted by molar-refractivity contribution is -0.136. The quantitative estimate of drug-likeness (QED) is 0.621. The molecule has 30 heavy (non-hydrogen) atoms. The number of hydrogen-bond donors (Lipinski definition) is 0. The molecule has 0 spiro atoms. The van der Waals surface area contributed by atoms with Crippen LogP contribution in [-0.4, -0.2) is 68.2 Å². The van der Waals surface area contributed by atoms with Gasteiger partial charge in [-0.3, -0.25) is 9.69 Å². The van der Waals surface area contributed by atoms with Gasteiger partial charge in [-0.1, -0.05) is 30.3 Å². The van der Waals surface area contributed by atoms with Crippen LogP contribution in [-0.2, 0) is 16.1 Å². The predicted octanol–water partition coefficient (Wildman–Crippen LogP) is 2.60. The molecule has 0 aromatic heterocycles. The number of benzene rings is 2. The van der Waals surface area contributed by atoms with Crippen LogP contribution in [0.2, 0.25) is 0 Å². The Balaban J connectivity index is 1.46. The molecule has 2 aromatic rings. The molecule has 1 aliphatic rings. The largest absolute Gasteiger partial charge is 0.493 e. The van der Waals surface area contributed by atoms with E-state index in [4.69, 9.17) is 14.2 Å². The topological polar surface area (TPSA) is 68.3 Å². The number of hydrogen-bond acceptors (Lipinski definition) is 6. The predicted molar refractivity (Wildman–Crippen MR) is 113 cm³/mol. The molecule has 0 radical (unpaired) electrons. The van der Waals surface area contributed by atoms with Crippen molar-refractivity contribution >= 4 is 11.9 Å². The Labute approximate surface area is 177 Å². The van der Waals surface area contributed by atoms with Gasteiger partial charge in [0.2, 0.25) is 0 Å². The van der Waals surface area contributed by atoms with Crippen LogP contribution in [0, 0.1) is 0 Å². The summed E-state index contributed by atoms with van der Waals surface area (Å²) in [5.41, 5.74) is 1.58. The average molecular weight is 412 g/mol. The van der Waals surface area contributed by atoms with E-state index in [0.29, 0.717) is 36.8 Å². The van der Waals surface area contributed by atoms with Crippen molar-refractivity contribution in [3.8, 4) is 11.5 Å². The van der Waals surface area contributed by atoms with E-state index in [9.17, 15) is 9.59 Å². The number of carbonyl (C=O) groups excluding carboxylic acids is 2. The lowest BCUT2D eigenvalue weighted by atomic mass is 10.2. The number of carbonyl (C=O) groups is 2. The Hall–Kier alpha value is -3.06. The van der Waals surface area contributed by atoms with Crippen LogP contribution in [0.1, 0.15) is 22.8 Å². The van der Waals surface area contributed by atoms with Crippen LogP contribution in [0.25, 0.3) is 0 Å². The van der Waals surface area contributed by atoms with E-state index in [2.05, 4.69) is 17.0 Å². The van der Waals surface area contributed by atoms with Gasteiger partial charge in [-0.05, 0) is 30.7 Å². The molecule has 1 amide bonds. The van der Waals surface area contributed by atoms with Gasteiger partial charge in [0.15, 0.2) is 18.1 Å². The van der Waals surface area contributed by atoms with Gasteiger partial charge in [0.05, 0.1) is 19.3 Å². The Morgan fingerprint density at radius 3 is 2.37 bits per heavy atom. The lowest BCUT2D eigenvalue weighted by Gasteiger charge is -2.34. The highest BCUT2D eigenvalue weighted by Gasteiger charge is 2.22. The van der Waals surface area contributed by atoms with E-state index in [1.54, 1.807) is 23.1 Å². The first-order valence-corrected chi connectivity index (χ1v) is 10.1. The van der Waals surface area contributed by atoms with E-state index in [-0.39, 0.29) is 12.5 Å². The number of rotatable bonds is 8. The van der Waals surface area contributed by atoms with E-state index >= 15 is 0 Å². The third-order valence-corrected chi connectivity index (χ3v) is 5.00. The van der Waals surface area contributed by atoms with Gasteiger partial charge in [0, 0.05) is 32.7 Å². The molecule has 0 atom stereocenters. The summed E-state index contributed by atoms with van der Waals surface area (Å²) in [6.45, 7) is 5.81. The summed E-state index contributed by atoms with van der Waals surface area (Å²) in [4.78, 5) is 28.8. The number of ether oxygens (including phenoxy) is 3. The van der Waals surface area contributed by atoms with Gasteiger partial charge in [-0.2, -0.15) is 0 Å². The van der Waals surface area contributed by atoms with Crippen molar-refractivity contribution in [2.24, 2.45) is 0 Å². The minimum atomic E-state index is -0.563. The average Bonchev–Trinajstić information content (AvgIpc) is 2.79. The minimum absolute atomic E-state index is 0.180. The fourth-order valence-electron chi connectivity index (χ4n) is 3.37. The van der Waals surface area contributed by atoms with Crippen molar-refractivity contribution in [1.82, 2.24) is 9.80 Å². The summed E-state index contributed by atoms with van der Waals surface area (Å²) in [5.74, 6) is 0.265. The third-order valence-electron chi connectivity index (χ3n) is 5.00. The number of amides is 1. The zero-order chi connectivity index (χ0) is 21.3. The minimum Gasteiger partial charge on any atom is -0.493 e. The summed E-state index contributed by atoms with van der Waals surface area (Å²) in [6, 6.07) is 15.1. The molecule has 0 bridgehead atoms. The number of esters is 1. The smallest absolute Gasteiger partial charge is 0.338 e. The fourth-order valence-corrected chi connectivity index (χ4v) is 3.37. The van der Waals surface area contributed by atoms with E-state index in [0.717, 1.165) is 19.6 Å². The maximum Gasteiger partial charge on any atom is 0.338 e. The van der Waals surface area contributed by atoms with E-state index in [1.807, 2.05) is 25.1 Å². The standard InChI is InChI=1S/C23H28N2O5/c1-3-29-20-10-9-19(15-21(20)28-2)23(27)30-17-22(26)25-13-11-24(12-14-25)16-18-7-5-4-6-8-18/h4-10,15H,3,11-14,16-17H2,1-2H3. The molecule has 3 rings (SSSR count). The molecule has 1 fully saturated rings. The second-order valence-electron chi connectivity index (χ2n) is 7.02. The molecule has 7 heteroatoms. The van der Waals surface area contributed by atoms with Crippen LogP contribution >= 0.6 is 0 Å². The highest BCUT2D eigenvalue weighted by Crippen LogP contribution is 2.28. The van der Waals surface area contributed by atoms with Gasteiger partial charge < -0.3 is 19.1 Å². The second-order valence-corrected chi connectivity index (χ2v) is 7.02. The normalized spacial score (nSPS) is 14.3. The van der Waals surface area contributed by atoms with Crippen LogP contribution < -0.4 is 9.47 Å². The summed E-state index contributed by atoms with van der Waals surface area (Å²) >= 11 is 0. The molecular formula is C23H28N2O5. The van der Waals surface area contributed by atoms with Gasteiger partial charge >= 0.3 is 5.97 Å². The van der Waals surface area contributed by atoms with Crippen molar-refractivity contribution in [2.45, 2.75) is 13.5 Å². The SMILES string of the molecule is CCOc1ccc(C(=O)OCC(=O)N2CCN(Cc3ccccc3)CC2)cc1OC.